The summed E-state index contributed by atoms with van der Waals surface area (Å²) in [6.07, 6.45) is 4.48. The van der Waals surface area contributed by atoms with Crippen LogP contribution in [0.1, 0.15) is 33.1 Å². The summed E-state index contributed by atoms with van der Waals surface area (Å²) in [6, 6.07) is 0.773. The number of nitrogens with zero attached hydrogens (tertiary/aromatic N) is 1. The Kier molecular flexibility index (Phi) is 1.92. The molecule has 1 aliphatic carbocycles. The second kappa shape index (κ2) is 2.78. The average Bonchev–Trinajstić information content (AvgIpc) is 2.59. The summed E-state index contributed by atoms with van der Waals surface area (Å²) in [5, 5.41) is 0. The molecule has 1 heteroatoms. The van der Waals surface area contributed by atoms with Crippen molar-refractivity contribution in [2.24, 2.45) is 11.8 Å². The molecule has 0 N–H and O–H groups in total. The van der Waals surface area contributed by atoms with Crippen molar-refractivity contribution in [3.8, 4) is 0 Å². The molecule has 0 amide bonds. The predicted octanol–water partition coefficient (Wildman–Crippen LogP) is 2.13. The Morgan fingerprint density at radius 2 is 2.09 bits per heavy atom. The molecule has 1 saturated carbocycles. The Balaban J connectivity index is 1.90. The molecule has 2 atom stereocenters. The number of fused-ring (bicyclic) bond motifs is 1. The monoisotopic (exact) mass is 153 g/mol. The van der Waals surface area contributed by atoms with Crippen molar-refractivity contribution in [1.82, 2.24) is 4.90 Å². The molecule has 64 valence electrons. The van der Waals surface area contributed by atoms with Crippen LogP contribution in [0, 0.1) is 11.8 Å². The zero-order chi connectivity index (χ0) is 7.84. The van der Waals surface area contributed by atoms with E-state index < -0.39 is 0 Å². The average molecular weight is 153 g/mol. The summed E-state index contributed by atoms with van der Waals surface area (Å²) in [5.74, 6) is 2.21. The van der Waals surface area contributed by atoms with Gasteiger partial charge in [-0.15, -0.1) is 0 Å². The molecular weight excluding hydrogens is 134 g/mol. The molecule has 11 heavy (non-hydrogen) atoms. The third-order valence-corrected chi connectivity index (χ3v) is 3.29. The summed E-state index contributed by atoms with van der Waals surface area (Å²) in [4.78, 5) is 2.65. The van der Waals surface area contributed by atoms with Crippen LogP contribution in [0.25, 0.3) is 0 Å². The van der Waals surface area contributed by atoms with Gasteiger partial charge in [-0.25, -0.2) is 0 Å². The van der Waals surface area contributed by atoms with E-state index >= 15 is 0 Å². The quantitative estimate of drug-likeness (QED) is 0.558. The minimum absolute atomic E-state index is 0.773. The number of hydrogen-bond acceptors (Lipinski definition) is 1. The summed E-state index contributed by atoms with van der Waals surface area (Å²) in [7, 11) is 0. The lowest BCUT2D eigenvalue weighted by Gasteiger charge is -2.24. The Labute approximate surface area is 69.8 Å². The highest BCUT2D eigenvalue weighted by Gasteiger charge is 2.39. The van der Waals surface area contributed by atoms with Gasteiger partial charge in [0, 0.05) is 12.6 Å². The van der Waals surface area contributed by atoms with Crippen LogP contribution >= 0.6 is 0 Å². The lowest BCUT2D eigenvalue weighted by molar-refractivity contribution is 0.219. The highest BCUT2D eigenvalue weighted by Crippen LogP contribution is 2.44. The molecule has 1 heterocycles. The second-order valence-corrected chi connectivity index (χ2v) is 4.49. The van der Waals surface area contributed by atoms with Crippen LogP contribution in [-0.2, 0) is 0 Å². The topological polar surface area (TPSA) is 3.24 Å². The first kappa shape index (κ1) is 7.60. The summed E-state index contributed by atoms with van der Waals surface area (Å²) >= 11 is 0. The van der Waals surface area contributed by atoms with E-state index in [9.17, 15) is 0 Å². The van der Waals surface area contributed by atoms with Crippen LogP contribution in [0.2, 0.25) is 0 Å². The summed E-state index contributed by atoms with van der Waals surface area (Å²) in [6.45, 7) is 7.39. The van der Waals surface area contributed by atoms with E-state index in [0.29, 0.717) is 0 Å². The maximum Gasteiger partial charge on any atom is 0.00387 e. The molecule has 0 aromatic rings. The van der Waals surface area contributed by atoms with E-state index in [1.54, 1.807) is 0 Å². The Hall–Kier alpha value is -0.0400. The Morgan fingerprint density at radius 1 is 1.27 bits per heavy atom. The molecular formula is C10H19N. The van der Waals surface area contributed by atoms with Crippen LogP contribution in [0.15, 0.2) is 0 Å². The number of likely N-dealkylation sites (tertiary alicyclic amines) is 1. The van der Waals surface area contributed by atoms with Gasteiger partial charge in [0.1, 0.15) is 0 Å². The van der Waals surface area contributed by atoms with Crippen molar-refractivity contribution >= 4 is 0 Å². The third-order valence-electron chi connectivity index (χ3n) is 3.29. The van der Waals surface area contributed by atoms with Crippen LogP contribution < -0.4 is 0 Å². The zero-order valence-electron chi connectivity index (χ0n) is 7.71. The lowest BCUT2D eigenvalue weighted by Crippen LogP contribution is -2.32. The molecule has 0 bridgehead atoms. The standard InChI is InChI=1S/C10H19N/c1-8(2)11-5-3-4-9-6-10(9)7-11/h8-10H,3-7H2,1-2H3/t9-,10-/m0/s1. The maximum absolute atomic E-state index is 2.65. The highest BCUT2D eigenvalue weighted by molar-refractivity contribution is 4.91. The van der Waals surface area contributed by atoms with E-state index in [-0.39, 0.29) is 0 Å². The van der Waals surface area contributed by atoms with Gasteiger partial charge in [-0.1, -0.05) is 0 Å². The Bertz CT molecular complexity index is 142. The van der Waals surface area contributed by atoms with Crippen molar-refractivity contribution in [3.05, 3.63) is 0 Å². The van der Waals surface area contributed by atoms with E-state index in [4.69, 9.17) is 0 Å². The van der Waals surface area contributed by atoms with E-state index in [0.717, 1.165) is 17.9 Å². The van der Waals surface area contributed by atoms with Gasteiger partial charge in [0.15, 0.2) is 0 Å². The molecule has 1 nitrogen and oxygen atoms in total. The summed E-state index contributed by atoms with van der Waals surface area (Å²) in [5.41, 5.74) is 0. The molecule has 1 aliphatic heterocycles. The van der Waals surface area contributed by atoms with Crippen LogP contribution in [-0.4, -0.2) is 24.0 Å². The van der Waals surface area contributed by atoms with Gasteiger partial charge in [0.2, 0.25) is 0 Å². The van der Waals surface area contributed by atoms with Crippen molar-refractivity contribution < 1.29 is 0 Å². The van der Waals surface area contributed by atoms with Crippen LogP contribution in [0.4, 0.5) is 0 Å². The van der Waals surface area contributed by atoms with Gasteiger partial charge < -0.3 is 4.90 Å². The molecule has 0 spiro atoms. The third kappa shape index (κ3) is 1.58. The number of hydrogen-bond donors (Lipinski definition) is 0. The van der Waals surface area contributed by atoms with E-state index in [2.05, 4.69) is 18.7 Å². The van der Waals surface area contributed by atoms with E-state index in [1.807, 2.05) is 0 Å². The SMILES string of the molecule is CC(C)N1CCC[C@H]2C[C@H]2C1. The minimum atomic E-state index is 0.773. The first-order chi connectivity index (χ1) is 5.27. The predicted molar refractivity (Wildman–Crippen MR) is 47.5 cm³/mol. The fourth-order valence-corrected chi connectivity index (χ4v) is 2.31. The fourth-order valence-electron chi connectivity index (χ4n) is 2.31. The largest absolute Gasteiger partial charge is 0.301 e. The van der Waals surface area contributed by atoms with Gasteiger partial charge in [0.05, 0.1) is 0 Å². The smallest absolute Gasteiger partial charge is 0.00387 e. The van der Waals surface area contributed by atoms with Gasteiger partial charge in [0.25, 0.3) is 0 Å². The fraction of sp³-hybridized carbons (Fsp3) is 1.00. The van der Waals surface area contributed by atoms with Crippen molar-refractivity contribution in [1.29, 1.82) is 0 Å². The first-order valence-corrected chi connectivity index (χ1v) is 5.01. The normalized spacial score (nSPS) is 38.5. The van der Waals surface area contributed by atoms with Crippen molar-refractivity contribution in [2.75, 3.05) is 13.1 Å². The minimum Gasteiger partial charge on any atom is -0.301 e. The summed E-state index contributed by atoms with van der Waals surface area (Å²) < 4.78 is 0. The molecule has 0 aromatic carbocycles. The van der Waals surface area contributed by atoms with Gasteiger partial charge >= 0.3 is 0 Å². The van der Waals surface area contributed by atoms with Gasteiger partial charge in [-0.05, 0) is 51.5 Å². The maximum atomic E-state index is 2.65. The van der Waals surface area contributed by atoms with Gasteiger partial charge in [-0.2, -0.15) is 0 Å². The molecule has 0 aromatic heterocycles. The van der Waals surface area contributed by atoms with Crippen LogP contribution in [0.3, 0.4) is 0 Å². The Morgan fingerprint density at radius 3 is 2.82 bits per heavy atom. The first-order valence-electron chi connectivity index (χ1n) is 5.01. The molecule has 2 aliphatic rings. The molecule has 2 rings (SSSR count). The van der Waals surface area contributed by atoms with Crippen molar-refractivity contribution in [2.45, 2.75) is 39.2 Å². The van der Waals surface area contributed by atoms with Crippen molar-refractivity contribution in [3.63, 3.8) is 0 Å². The zero-order valence-corrected chi connectivity index (χ0v) is 7.71. The van der Waals surface area contributed by atoms with Crippen LogP contribution in [0.5, 0.6) is 0 Å². The molecule has 2 fully saturated rings. The lowest BCUT2D eigenvalue weighted by atomic mass is 10.2. The van der Waals surface area contributed by atoms with E-state index in [1.165, 1.54) is 32.4 Å². The highest BCUT2D eigenvalue weighted by atomic mass is 15.2. The second-order valence-electron chi connectivity index (χ2n) is 4.49. The molecule has 0 radical (unpaired) electrons. The van der Waals surface area contributed by atoms with Gasteiger partial charge in [-0.3, -0.25) is 0 Å². The molecule has 1 saturated heterocycles. The molecule has 0 unspecified atom stereocenters. The number of rotatable bonds is 1.